The number of aromatic nitrogens is 1. The highest BCUT2D eigenvalue weighted by atomic mass is 79.9. The lowest BCUT2D eigenvalue weighted by Gasteiger charge is -2.02. The Morgan fingerprint density at radius 2 is 2.38 bits per heavy atom. The fourth-order valence-corrected chi connectivity index (χ4v) is 1.82. The van der Waals surface area contributed by atoms with E-state index in [1.807, 2.05) is 6.07 Å². The monoisotopic (exact) mass is 240 g/mol. The van der Waals surface area contributed by atoms with Gasteiger partial charge in [0.05, 0.1) is 0 Å². The van der Waals surface area contributed by atoms with Crippen LogP contribution in [0.3, 0.4) is 0 Å². The minimum Gasteiger partial charge on any atom is -0.351 e. The van der Waals surface area contributed by atoms with Gasteiger partial charge in [-0.3, -0.25) is 4.79 Å². The first-order chi connectivity index (χ1) is 6.27. The number of nitrogens with one attached hydrogen (secondary N) is 1. The van der Waals surface area contributed by atoms with Gasteiger partial charge in [-0.25, -0.2) is 4.98 Å². The van der Waals surface area contributed by atoms with Crippen molar-refractivity contribution in [3.63, 3.8) is 0 Å². The van der Waals surface area contributed by atoms with Crippen molar-refractivity contribution < 1.29 is 4.79 Å². The summed E-state index contributed by atoms with van der Waals surface area (Å²) in [5.74, 6) is -0.0556. The third kappa shape index (κ3) is 1.72. The molecule has 1 aromatic rings. The molecule has 3 nitrogen and oxygen atoms in total. The van der Waals surface area contributed by atoms with Crippen molar-refractivity contribution in [2.24, 2.45) is 0 Å². The van der Waals surface area contributed by atoms with Crippen molar-refractivity contribution in [3.05, 3.63) is 28.0 Å². The number of rotatable bonds is 0. The maximum Gasteiger partial charge on any atom is 0.270 e. The van der Waals surface area contributed by atoms with Crippen LogP contribution in [0.4, 0.5) is 0 Å². The Morgan fingerprint density at radius 3 is 3.23 bits per heavy atom. The van der Waals surface area contributed by atoms with Gasteiger partial charge in [0.2, 0.25) is 0 Å². The number of hydrogen-bond donors (Lipinski definition) is 1. The van der Waals surface area contributed by atoms with E-state index >= 15 is 0 Å². The summed E-state index contributed by atoms with van der Waals surface area (Å²) in [7, 11) is 0. The zero-order valence-corrected chi connectivity index (χ0v) is 8.60. The van der Waals surface area contributed by atoms with E-state index in [0.717, 1.165) is 29.4 Å². The minimum atomic E-state index is -0.0556. The highest BCUT2D eigenvalue weighted by Gasteiger charge is 2.15. The van der Waals surface area contributed by atoms with Crippen molar-refractivity contribution in [1.29, 1.82) is 0 Å². The molecule has 1 aliphatic heterocycles. The number of carbonyl (C=O) groups excluding carboxylic acids is 1. The first kappa shape index (κ1) is 8.69. The van der Waals surface area contributed by atoms with Crippen LogP contribution >= 0.6 is 15.9 Å². The van der Waals surface area contributed by atoms with E-state index in [9.17, 15) is 4.79 Å². The Morgan fingerprint density at radius 1 is 1.54 bits per heavy atom. The molecule has 0 atom stereocenters. The summed E-state index contributed by atoms with van der Waals surface area (Å²) in [6.07, 6.45) is 3.56. The Labute approximate surface area is 84.7 Å². The molecule has 0 aliphatic carbocycles. The second kappa shape index (κ2) is 3.46. The second-order valence-electron chi connectivity index (χ2n) is 3.02. The minimum absolute atomic E-state index is 0.0556. The summed E-state index contributed by atoms with van der Waals surface area (Å²) in [4.78, 5) is 15.5. The normalized spacial score (nSPS) is 15.9. The Hall–Kier alpha value is -0.900. The molecule has 0 fully saturated rings. The molecule has 0 spiro atoms. The number of amides is 1. The van der Waals surface area contributed by atoms with Gasteiger partial charge in [0, 0.05) is 17.2 Å². The van der Waals surface area contributed by atoms with Gasteiger partial charge in [-0.1, -0.05) is 0 Å². The van der Waals surface area contributed by atoms with Crippen LogP contribution in [0.25, 0.3) is 0 Å². The lowest BCUT2D eigenvalue weighted by Crippen LogP contribution is -2.23. The summed E-state index contributed by atoms with van der Waals surface area (Å²) in [6.45, 7) is 0.743. The van der Waals surface area contributed by atoms with Crippen LogP contribution in [0.1, 0.15) is 22.5 Å². The Bertz CT molecular complexity index is 351. The number of fused-ring (bicyclic) bond motifs is 1. The predicted molar refractivity (Wildman–Crippen MR) is 52.6 cm³/mol. The highest BCUT2D eigenvalue weighted by molar-refractivity contribution is 9.10. The summed E-state index contributed by atoms with van der Waals surface area (Å²) in [6, 6.07) is 1.97. The fourth-order valence-electron chi connectivity index (χ4n) is 1.44. The molecule has 0 aromatic carbocycles. The maximum absolute atomic E-state index is 11.4. The van der Waals surface area contributed by atoms with Gasteiger partial charge in [0.15, 0.2) is 0 Å². The number of halogens is 1. The van der Waals surface area contributed by atoms with E-state index < -0.39 is 0 Å². The molecule has 0 bridgehead atoms. The zero-order chi connectivity index (χ0) is 9.26. The molecule has 0 saturated heterocycles. The molecule has 2 rings (SSSR count). The van der Waals surface area contributed by atoms with Crippen LogP contribution in [0.2, 0.25) is 0 Å². The molecule has 0 radical (unpaired) electrons. The lowest BCUT2D eigenvalue weighted by atomic mass is 10.1. The number of nitrogens with zero attached hydrogens (tertiary/aromatic N) is 1. The van der Waals surface area contributed by atoms with Gasteiger partial charge in [0.1, 0.15) is 5.69 Å². The quantitative estimate of drug-likeness (QED) is 0.748. The van der Waals surface area contributed by atoms with E-state index in [0.29, 0.717) is 5.69 Å². The van der Waals surface area contributed by atoms with Crippen LogP contribution in [-0.4, -0.2) is 17.4 Å². The van der Waals surface area contributed by atoms with E-state index in [-0.39, 0.29) is 5.91 Å². The average Bonchev–Trinajstić information content (AvgIpc) is 2.28. The molecular formula is C9H9BrN2O. The third-order valence-corrected chi connectivity index (χ3v) is 2.49. The molecule has 13 heavy (non-hydrogen) atoms. The second-order valence-corrected chi connectivity index (χ2v) is 3.94. The van der Waals surface area contributed by atoms with E-state index in [1.54, 1.807) is 6.20 Å². The number of pyridine rings is 1. The number of aryl methyl sites for hydroxylation is 1. The zero-order valence-electron chi connectivity index (χ0n) is 7.01. The molecule has 0 saturated carbocycles. The first-order valence-corrected chi connectivity index (χ1v) is 4.99. The topological polar surface area (TPSA) is 42.0 Å². The van der Waals surface area contributed by atoms with Crippen LogP contribution in [-0.2, 0) is 6.42 Å². The summed E-state index contributed by atoms with van der Waals surface area (Å²) >= 11 is 3.34. The third-order valence-electron chi connectivity index (χ3n) is 2.06. The molecule has 2 heterocycles. The molecule has 1 N–H and O–H groups in total. The van der Waals surface area contributed by atoms with Crippen molar-refractivity contribution in [2.45, 2.75) is 12.8 Å². The number of hydrogen-bond acceptors (Lipinski definition) is 2. The largest absolute Gasteiger partial charge is 0.351 e. The van der Waals surface area contributed by atoms with Gasteiger partial charge in [-0.05, 0) is 40.4 Å². The predicted octanol–water partition coefficient (Wildman–Crippen LogP) is 1.52. The maximum atomic E-state index is 11.4. The Kier molecular flexibility index (Phi) is 2.31. The molecule has 1 aliphatic rings. The average molecular weight is 241 g/mol. The van der Waals surface area contributed by atoms with Gasteiger partial charge < -0.3 is 5.32 Å². The van der Waals surface area contributed by atoms with Crippen molar-refractivity contribution in [1.82, 2.24) is 10.3 Å². The van der Waals surface area contributed by atoms with Crippen molar-refractivity contribution >= 4 is 21.8 Å². The van der Waals surface area contributed by atoms with Crippen LogP contribution in [0, 0.1) is 0 Å². The van der Waals surface area contributed by atoms with Crippen molar-refractivity contribution in [3.8, 4) is 0 Å². The van der Waals surface area contributed by atoms with Gasteiger partial charge in [-0.2, -0.15) is 0 Å². The molecule has 68 valence electrons. The van der Waals surface area contributed by atoms with E-state index in [2.05, 4.69) is 26.2 Å². The molecular weight excluding hydrogens is 232 g/mol. The summed E-state index contributed by atoms with van der Waals surface area (Å²) < 4.78 is 0.931. The van der Waals surface area contributed by atoms with Crippen LogP contribution in [0.5, 0.6) is 0 Å². The van der Waals surface area contributed by atoms with Crippen LogP contribution < -0.4 is 5.32 Å². The summed E-state index contributed by atoms with van der Waals surface area (Å²) in [5.41, 5.74) is 1.60. The first-order valence-electron chi connectivity index (χ1n) is 4.20. The highest BCUT2D eigenvalue weighted by Crippen LogP contribution is 2.17. The fraction of sp³-hybridized carbons (Fsp3) is 0.333. The summed E-state index contributed by atoms with van der Waals surface area (Å²) in [5, 5.41) is 2.80. The van der Waals surface area contributed by atoms with Crippen LogP contribution in [0.15, 0.2) is 16.7 Å². The van der Waals surface area contributed by atoms with Gasteiger partial charge in [-0.15, -0.1) is 0 Å². The Balaban J connectivity index is 2.48. The van der Waals surface area contributed by atoms with Crippen molar-refractivity contribution in [2.75, 3.05) is 6.54 Å². The van der Waals surface area contributed by atoms with Gasteiger partial charge >= 0.3 is 0 Å². The van der Waals surface area contributed by atoms with Gasteiger partial charge in [0.25, 0.3) is 5.91 Å². The molecule has 4 heteroatoms. The van der Waals surface area contributed by atoms with E-state index in [4.69, 9.17) is 0 Å². The smallest absolute Gasteiger partial charge is 0.270 e. The SMILES string of the molecule is O=C1NCCCc2cc(Br)cnc21. The molecule has 1 aromatic heterocycles. The lowest BCUT2D eigenvalue weighted by molar-refractivity contribution is 0.0951. The standard InChI is InChI=1S/C9H9BrN2O/c10-7-4-6-2-1-3-11-9(13)8(6)12-5-7/h4-5H,1-3H2,(H,11,13). The molecule has 1 amide bonds. The molecule has 0 unspecified atom stereocenters. The number of carbonyl (C=O) groups is 1. The van der Waals surface area contributed by atoms with E-state index in [1.165, 1.54) is 0 Å².